The molecule has 0 fully saturated rings. The second-order valence-electron chi connectivity index (χ2n) is 8.62. The van der Waals surface area contributed by atoms with Crippen LogP contribution in [0, 0.1) is 0 Å². The van der Waals surface area contributed by atoms with E-state index in [1.165, 1.54) is 0 Å². The molecule has 7 heteroatoms. The molecule has 0 amide bonds. The van der Waals surface area contributed by atoms with E-state index in [9.17, 15) is 17.5 Å². The van der Waals surface area contributed by atoms with Gasteiger partial charge < -0.3 is 9.11 Å². The van der Waals surface area contributed by atoms with Crippen LogP contribution in [0.5, 0.6) is 0 Å². The molecule has 2 aromatic rings. The summed E-state index contributed by atoms with van der Waals surface area (Å²) in [6.07, 6.45) is 0. The number of hydrogen-bond donors (Lipinski definition) is 0. The average molecular weight is 491 g/mol. The third-order valence-electron chi connectivity index (χ3n) is 4.97. The molecular weight excluding hydrogens is 456 g/mol. The van der Waals surface area contributed by atoms with Crippen LogP contribution in [0.1, 0.15) is 101 Å². The summed E-state index contributed by atoms with van der Waals surface area (Å²) in [5, 5.41) is 0. The van der Waals surface area contributed by atoms with Gasteiger partial charge in [-0.05, 0) is 68.1 Å². The Morgan fingerprint density at radius 3 is 0.871 bits per heavy atom. The van der Waals surface area contributed by atoms with Gasteiger partial charge in [0, 0.05) is 9.79 Å². The molecule has 0 aromatic heterocycles. The normalized spacial score (nSPS) is 13.1. The fourth-order valence-corrected chi connectivity index (χ4v) is 5.34. The Kier molecular flexibility index (Phi) is 14.2. The number of rotatable bonds is 6. The molecule has 0 spiro atoms. The molecule has 2 atom stereocenters. The second kappa shape index (κ2) is 14.2. The fourth-order valence-electron chi connectivity index (χ4n) is 3.35. The molecule has 0 aliphatic carbocycles. The third kappa shape index (κ3) is 8.65. The van der Waals surface area contributed by atoms with Gasteiger partial charge >= 0.3 is 37.7 Å². The molecule has 0 aliphatic heterocycles. The maximum Gasteiger partial charge on any atom is 2.00 e. The topological polar surface area (TPSA) is 80.3 Å². The van der Waals surface area contributed by atoms with Gasteiger partial charge in [0.2, 0.25) is 0 Å². The maximum absolute atomic E-state index is 11.3. The Morgan fingerprint density at radius 1 is 0.548 bits per heavy atom. The van der Waals surface area contributed by atoms with Gasteiger partial charge in [-0.15, -0.1) is 0 Å². The monoisotopic (exact) mass is 490 g/mol. The average Bonchev–Trinajstić information content (AvgIpc) is 2.66. The molecule has 0 bridgehead atoms. The fraction of sp³-hybridized carbons (Fsp3) is 0.500. The molecule has 31 heavy (non-hydrogen) atoms. The summed E-state index contributed by atoms with van der Waals surface area (Å²) in [5.74, 6) is 0.932. The molecule has 2 rings (SSSR count). The quantitative estimate of drug-likeness (QED) is 0.369. The summed E-state index contributed by atoms with van der Waals surface area (Å²) in [4.78, 5) is 0.977. The van der Waals surface area contributed by atoms with Crippen molar-refractivity contribution in [3.8, 4) is 0 Å². The Balaban J connectivity index is 0.000000562. The van der Waals surface area contributed by atoms with Gasteiger partial charge in [0.1, 0.15) is 0 Å². The second-order valence-corrected chi connectivity index (χ2v) is 10.4. The van der Waals surface area contributed by atoms with Gasteiger partial charge in [0.15, 0.2) is 0 Å². The molecule has 168 valence electrons. The Bertz CT molecular complexity index is 767. The third-order valence-corrected chi connectivity index (χ3v) is 6.58. The van der Waals surface area contributed by atoms with Crippen LogP contribution in [0.2, 0.25) is 0 Å². The van der Waals surface area contributed by atoms with Gasteiger partial charge in [-0.2, -0.15) is 0 Å². The predicted octanol–water partition coefficient (Wildman–Crippen LogP) is 5.96. The first-order valence-corrected chi connectivity index (χ1v) is 12.5. The van der Waals surface area contributed by atoms with E-state index in [4.69, 9.17) is 0 Å². The van der Waals surface area contributed by atoms with Crippen LogP contribution in [-0.4, -0.2) is 55.3 Å². The van der Waals surface area contributed by atoms with E-state index >= 15 is 0 Å². The molecule has 0 heterocycles. The summed E-state index contributed by atoms with van der Waals surface area (Å²) < 4.78 is 45.0. The van der Waals surface area contributed by atoms with E-state index in [2.05, 4.69) is 0 Å². The largest absolute Gasteiger partial charge is 2.00 e. The summed E-state index contributed by atoms with van der Waals surface area (Å²) >= 11 is -4.29. The van der Waals surface area contributed by atoms with E-state index in [1.54, 1.807) is 0 Å². The first-order valence-electron chi connectivity index (χ1n) is 10.3. The van der Waals surface area contributed by atoms with Crippen molar-refractivity contribution in [1.29, 1.82) is 0 Å². The van der Waals surface area contributed by atoms with Gasteiger partial charge in [0.25, 0.3) is 0 Å². The van der Waals surface area contributed by atoms with Crippen molar-refractivity contribution in [2.75, 3.05) is 0 Å². The van der Waals surface area contributed by atoms with E-state index in [0.717, 1.165) is 22.3 Å². The van der Waals surface area contributed by atoms with E-state index in [1.807, 2.05) is 91.8 Å². The van der Waals surface area contributed by atoms with Crippen LogP contribution in [0.25, 0.3) is 0 Å². The minimum Gasteiger partial charge on any atom is -0.768 e. The summed E-state index contributed by atoms with van der Waals surface area (Å²) in [6, 6.07) is 11.4. The Morgan fingerprint density at radius 2 is 0.742 bits per heavy atom. The molecule has 0 radical (unpaired) electrons. The van der Waals surface area contributed by atoms with Crippen molar-refractivity contribution in [3.63, 3.8) is 0 Å². The van der Waals surface area contributed by atoms with Gasteiger partial charge in [0.05, 0.1) is 0 Å². The molecule has 2 unspecified atom stereocenters. The van der Waals surface area contributed by atoms with E-state index in [0.29, 0.717) is 9.79 Å². The zero-order chi connectivity index (χ0) is 23.2. The van der Waals surface area contributed by atoms with E-state index < -0.39 is 22.2 Å². The molecule has 0 aliphatic rings. The SMILES string of the molecule is CC(C)c1cccc(C(C)C)c1S(=O)[O-].CC(C)c1cccc(C(C)C)c1S(=O)[O-].[Ca+2]. The van der Waals surface area contributed by atoms with Crippen molar-refractivity contribution >= 4 is 59.9 Å². The zero-order valence-electron chi connectivity index (χ0n) is 19.9. The van der Waals surface area contributed by atoms with Crippen LogP contribution in [-0.2, 0) is 22.2 Å². The van der Waals surface area contributed by atoms with Crippen molar-refractivity contribution < 1.29 is 17.5 Å². The molecule has 0 saturated carbocycles. The maximum atomic E-state index is 11.3. The van der Waals surface area contributed by atoms with Gasteiger partial charge in [-0.3, -0.25) is 8.42 Å². The minimum absolute atomic E-state index is 0. The Labute approximate surface area is 223 Å². The van der Waals surface area contributed by atoms with Gasteiger partial charge in [-0.1, -0.05) is 91.8 Å². The van der Waals surface area contributed by atoms with Crippen molar-refractivity contribution in [1.82, 2.24) is 0 Å². The van der Waals surface area contributed by atoms with Crippen LogP contribution in [0.4, 0.5) is 0 Å². The molecule has 0 saturated heterocycles. The van der Waals surface area contributed by atoms with Crippen LogP contribution >= 0.6 is 0 Å². The van der Waals surface area contributed by atoms with Crippen molar-refractivity contribution in [3.05, 3.63) is 58.7 Å². The van der Waals surface area contributed by atoms with Gasteiger partial charge in [-0.25, -0.2) is 0 Å². The summed E-state index contributed by atoms with van der Waals surface area (Å²) in [6.45, 7) is 16.1. The zero-order valence-corrected chi connectivity index (χ0v) is 23.8. The first kappa shape index (κ1) is 30.9. The minimum atomic E-state index is -2.14. The van der Waals surface area contributed by atoms with Crippen molar-refractivity contribution in [2.45, 2.75) is 88.9 Å². The van der Waals surface area contributed by atoms with Crippen LogP contribution in [0.15, 0.2) is 46.2 Å². The summed E-state index contributed by atoms with van der Waals surface area (Å²) in [5.41, 5.74) is 3.65. The summed E-state index contributed by atoms with van der Waals surface area (Å²) in [7, 11) is 0. The van der Waals surface area contributed by atoms with Crippen LogP contribution < -0.4 is 0 Å². The van der Waals surface area contributed by atoms with E-state index in [-0.39, 0.29) is 61.4 Å². The molecular formula is C24H34CaO4S2. The molecule has 2 aromatic carbocycles. The standard InChI is InChI=1S/2C12H18O2S.Ca/c2*1-8(2)10-6-5-7-11(9(3)4)12(10)15(13)14;/h2*5-9H,1-4H3,(H,13,14);/q;;+2/p-2. The van der Waals surface area contributed by atoms with Crippen molar-refractivity contribution in [2.24, 2.45) is 0 Å². The molecule has 0 N–H and O–H groups in total. The van der Waals surface area contributed by atoms with Crippen LogP contribution in [0.3, 0.4) is 0 Å². The first-order chi connectivity index (χ1) is 13.9. The number of benzene rings is 2. The smallest absolute Gasteiger partial charge is 0.768 e. The Hall–Kier alpha value is -0.0803. The molecule has 4 nitrogen and oxygen atoms in total. The number of hydrogen-bond acceptors (Lipinski definition) is 4. The predicted molar refractivity (Wildman–Crippen MR) is 129 cm³/mol.